The van der Waals surface area contributed by atoms with E-state index >= 15 is 0 Å². The van der Waals surface area contributed by atoms with E-state index in [0.29, 0.717) is 4.90 Å². The Morgan fingerprint density at radius 2 is 1.83 bits per heavy atom. The topological polar surface area (TPSA) is 86.8 Å². The molecule has 1 saturated heterocycles. The normalized spacial score (nSPS) is 14.4. The third kappa shape index (κ3) is 3.45. The second-order valence-electron chi connectivity index (χ2n) is 5.08. The molecule has 2 rings (SSSR count). The number of amides is 5. The van der Waals surface area contributed by atoms with Crippen LogP contribution in [0.4, 0.5) is 4.79 Å². The van der Waals surface area contributed by atoms with Crippen LogP contribution in [0.1, 0.15) is 11.1 Å². The van der Waals surface area contributed by atoms with Crippen LogP contribution in [0.5, 0.6) is 0 Å². The summed E-state index contributed by atoms with van der Waals surface area (Å²) in [5.41, 5.74) is 1.96. The van der Waals surface area contributed by atoms with E-state index in [1.165, 1.54) is 6.08 Å². The molecule has 0 radical (unpaired) electrons. The van der Waals surface area contributed by atoms with Gasteiger partial charge in [-0.25, -0.2) is 9.69 Å². The Labute approximate surface area is 133 Å². The van der Waals surface area contributed by atoms with Gasteiger partial charge in [0.2, 0.25) is 5.91 Å². The molecule has 1 fully saturated rings. The lowest BCUT2D eigenvalue weighted by Crippen LogP contribution is -2.41. The van der Waals surface area contributed by atoms with Crippen molar-refractivity contribution in [2.24, 2.45) is 0 Å². The number of nitrogens with one attached hydrogen (secondary N) is 1. The van der Waals surface area contributed by atoms with E-state index in [1.54, 1.807) is 0 Å². The van der Waals surface area contributed by atoms with Crippen molar-refractivity contribution in [3.05, 3.63) is 48.0 Å². The lowest BCUT2D eigenvalue weighted by atomic mass is 10.1. The van der Waals surface area contributed by atoms with Gasteiger partial charge in [0.25, 0.3) is 0 Å². The van der Waals surface area contributed by atoms with Gasteiger partial charge < -0.3 is 5.32 Å². The fraction of sp³-hybridized carbons (Fsp3) is 0.250. The Morgan fingerprint density at radius 3 is 2.48 bits per heavy atom. The largest absolute Gasteiger partial charge is 0.350 e. The van der Waals surface area contributed by atoms with Gasteiger partial charge in [-0.05, 0) is 18.1 Å². The molecule has 1 aliphatic rings. The summed E-state index contributed by atoms with van der Waals surface area (Å²) >= 11 is 0. The van der Waals surface area contributed by atoms with Gasteiger partial charge in [0.15, 0.2) is 0 Å². The Kier molecular flexibility index (Phi) is 4.90. The first-order chi connectivity index (χ1) is 11.0. The first kappa shape index (κ1) is 16.4. The predicted octanol–water partition coefficient (Wildman–Crippen LogP) is 0.588. The zero-order chi connectivity index (χ0) is 17.0. The van der Waals surface area contributed by atoms with Crippen LogP contribution in [0.2, 0.25) is 0 Å². The van der Waals surface area contributed by atoms with E-state index in [2.05, 4.69) is 11.9 Å². The third-order valence-corrected chi connectivity index (χ3v) is 3.49. The van der Waals surface area contributed by atoms with E-state index in [4.69, 9.17) is 0 Å². The van der Waals surface area contributed by atoms with E-state index in [-0.39, 0.29) is 13.1 Å². The quantitative estimate of drug-likeness (QED) is 0.473. The average Bonchev–Trinajstić information content (AvgIpc) is 2.72. The van der Waals surface area contributed by atoms with Crippen molar-refractivity contribution >= 4 is 23.8 Å². The number of urea groups is 1. The highest BCUT2D eigenvalue weighted by Crippen LogP contribution is 2.11. The molecule has 0 atom stereocenters. The van der Waals surface area contributed by atoms with Gasteiger partial charge in [0.1, 0.15) is 6.54 Å². The van der Waals surface area contributed by atoms with Crippen molar-refractivity contribution in [1.29, 1.82) is 0 Å². The molecule has 0 aromatic heterocycles. The number of nitrogens with zero attached hydrogens (tertiary/aromatic N) is 2. The highest BCUT2D eigenvalue weighted by Gasteiger charge is 2.44. The maximum absolute atomic E-state index is 12.0. The maximum atomic E-state index is 12.0. The average molecular weight is 315 g/mol. The number of rotatable bonds is 6. The van der Waals surface area contributed by atoms with Crippen LogP contribution in [0.3, 0.4) is 0 Å². The second-order valence-corrected chi connectivity index (χ2v) is 5.08. The zero-order valence-corrected chi connectivity index (χ0v) is 12.7. The highest BCUT2D eigenvalue weighted by atomic mass is 16.2. The zero-order valence-electron chi connectivity index (χ0n) is 12.7. The van der Waals surface area contributed by atoms with Crippen LogP contribution in [0, 0.1) is 6.92 Å². The molecule has 1 aliphatic heterocycles. The SMILES string of the molecule is C=CCN1C(=O)C(=O)N(CC(=O)NCc2ccccc2C)C1=O. The Bertz CT molecular complexity index is 684. The molecule has 0 aliphatic carbocycles. The van der Waals surface area contributed by atoms with Gasteiger partial charge in [-0.1, -0.05) is 30.3 Å². The third-order valence-electron chi connectivity index (χ3n) is 3.49. The number of benzene rings is 1. The summed E-state index contributed by atoms with van der Waals surface area (Å²) in [7, 11) is 0. The number of carbonyl (C=O) groups excluding carboxylic acids is 4. The summed E-state index contributed by atoms with van der Waals surface area (Å²) in [6, 6.07) is 6.74. The molecular weight excluding hydrogens is 298 g/mol. The smallest absolute Gasteiger partial charge is 0.335 e. The minimum Gasteiger partial charge on any atom is -0.350 e. The molecule has 1 heterocycles. The standard InChI is InChI=1S/C16H17N3O4/c1-3-8-18-14(21)15(22)19(16(18)23)10-13(20)17-9-12-7-5-4-6-11(12)2/h3-7H,1,8-10H2,2H3,(H,17,20). The van der Waals surface area contributed by atoms with Gasteiger partial charge in [0.05, 0.1) is 0 Å². The lowest BCUT2D eigenvalue weighted by molar-refractivity contribution is -0.143. The minimum atomic E-state index is -0.997. The molecule has 0 saturated carbocycles. The molecule has 23 heavy (non-hydrogen) atoms. The molecular formula is C16H17N3O4. The summed E-state index contributed by atoms with van der Waals surface area (Å²) in [5.74, 6) is -2.45. The summed E-state index contributed by atoms with van der Waals surface area (Å²) in [6.45, 7) is 5.07. The van der Waals surface area contributed by atoms with Crippen molar-refractivity contribution < 1.29 is 19.2 Å². The number of imide groups is 2. The number of hydrogen-bond donors (Lipinski definition) is 1. The highest BCUT2D eigenvalue weighted by molar-refractivity contribution is 6.45. The van der Waals surface area contributed by atoms with Gasteiger partial charge in [-0.15, -0.1) is 6.58 Å². The fourth-order valence-corrected chi connectivity index (χ4v) is 2.18. The lowest BCUT2D eigenvalue weighted by Gasteiger charge is -2.14. The van der Waals surface area contributed by atoms with Crippen LogP contribution in [-0.2, 0) is 20.9 Å². The molecule has 120 valence electrons. The van der Waals surface area contributed by atoms with E-state index < -0.39 is 30.3 Å². The number of carbonyl (C=O) groups is 4. The number of hydrogen-bond acceptors (Lipinski definition) is 4. The van der Waals surface area contributed by atoms with Gasteiger partial charge in [0, 0.05) is 13.1 Å². The molecule has 0 bridgehead atoms. The van der Waals surface area contributed by atoms with Gasteiger partial charge >= 0.3 is 17.8 Å². The number of aryl methyl sites for hydroxylation is 1. The predicted molar refractivity (Wildman–Crippen MR) is 82.0 cm³/mol. The molecule has 1 aromatic carbocycles. The second kappa shape index (κ2) is 6.87. The molecule has 7 nitrogen and oxygen atoms in total. The molecule has 5 amide bonds. The monoisotopic (exact) mass is 315 g/mol. The van der Waals surface area contributed by atoms with Crippen LogP contribution in [0.15, 0.2) is 36.9 Å². The van der Waals surface area contributed by atoms with Gasteiger partial charge in [-0.2, -0.15) is 0 Å². The van der Waals surface area contributed by atoms with Crippen LogP contribution in [0.25, 0.3) is 0 Å². The van der Waals surface area contributed by atoms with Crippen molar-refractivity contribution in [3.8, 4) is 0 Å². The van der Waals surface area contributed by atoms with Gasteiger partial charge in [-0.3, -0.25) is 19.3 Å². The Balaban J connectivity index is 1.96. The van der Waals surface area contributed by atoms with Crippen molar-refractivity contribution in [1.82, 2.24) is 15.1 Å². The molecule has 0 spiro atoms. The van der Waals surface area contributed by atoms with E-state index in [0.717, 1.165) is 16.0 Å². The van der Waals surface area contributed by atoms with Crippen molar-refractivity contribution in [3.63, 3.8) is 0 Å². The van der Waals surface area contributed by atoms with Crippen molar-refractivity contribution in [2.45, 2.75) is 13.5 Å². The maximum Gasteiger partial charge on any atom is 0.335 e. The van der Waals surface area contributed by atoms with Crippen molar-refractivity contribution in [2.75, 3.05) is 13.1 Å². The van der Waals surface area contributed by atoms with E-state index in [1.807, 2.05) is 31.2 Å². The fourth-order valence-electron chi connectivity index (χ4n) is 2.18. The molecule has 1 aromatic rings. The summed E-state index contributed by atoms with van der Waals surface area (Å²) in [5, 5.41) is 2.63. The van der Waals surface area contributed by atoms with Crippen LogP contribution in [-0.4, -0.2) is 46.6 Å². The Hall–Kier alpha value is -2.96. The Morgan fingerprint density at radius 1 is 1.17 bits per heavy atom. The summed E-state index contributed by atoms with van der Waals surface area (Å²) in [6.07, 6.45) is 1.34. The first-order valence-corrected chi connectivity index (χ1v) is 7.05. The minimum absolute atomic E-state index is 0.0647. The molecule has 1 N–H and O–H groups in total. The summed E-state index contributed by atoms with van der Waals surface area (Å²) < 4.78 is 0. The first-order valence-electron chi connectivity index (χ1n) is 7.05. The van der Waals surface area contributed by atoms with Crippen LogP contribution >= 0.6 is 0 Å². The van der Waals surface area contributed by atoms with E-state index in [9.17, 15) is 19.2 Å². The molecule has 0 unspecified atom stereocenters. The van der Waals surface area contributed by atoms with Crippen LogP contribution < -0.4 is 5.32 Å². The summed E-state index contributed by atoms with van der Waals surface area (Å²) in [4.78, 5) is 48.7. The molecule has 7 heteroatoms.